The Kier molecular flexibility index (Phi) is 4.79. The topological polar surface area (TPSA) is 69.3 Å². The van der Waals surface area contributed by atoms with Crippen LogP contribution in [0.2, 0.25) is 0 Å². The molecule has 6 heteroatoms. The predicted molar refractivity (Wildman–Crippen MR) is 97.4 cm³/mol. The standard InChI is InChI=1S/C19H23N3O3/c1-5-9-22-12(3)17(15-10-14(24-4)7-8-16(15)22)18(23)21-19-20-11-13(6-2)25-19/h7-8,10-11H,5-6,9H2,1-4H3,(H,20,21,23). The lowest BCUT2D eigenvalue weighted by Crippen LogP contribution is -2.13. The molecule has 0 bridgehead atoms. The largest absolute Gasteiger partial charge is 0.497 e. The molecule has 0 radical (unpaired) electrons. The first-order valence-corrected chi connectivity index (χ1v) is 8.51. The second-order valence-corrected chi connectivity index (χ2v) is 5.93. The molecule has 0 saturated heterocycles. The molecule has 1 aromatic carbocycles. The van der Waals surface area contributed by atoms with Crippen LogP contribution >= 0.6 is 0 Å². The molecule has 0 unspecified atom stereocenters. The number of benzene rings is 1. The van der Waals surface area contributed by atoms with Gasteiger partial charge in [0, 0.05) is 29.6 Å². The number of ether oxygens (including phenoxy) is 1. The number of methoxy groups -OCH3 is 1. The molecule has 1 amide bonds. The Bertz CT molecular complexity index is 908. The van der Waals surface area contributed by atoms with Crippen LogP contribution in [0, 0.1) is 6.92 Å². The maximum atomic E-state index is 12.9. The third kappa shape index (κ3) is 3.12. The SMILES string of the molecule is CCCn1c(C)c(C(=O)Nc2ncc(CC)o2)c2cc(OC)ccc21. The minimum atomic E-state index is -0.227. The number of fused-ring (bicyclic) bond motifs is 1. The minimum absolute atomic E-state index is 0.223. The molecule has 132 valence electrons. The monoisotopic (exact) mass is 341 g/mol. The van der Waals surface area contributed by atoms with Crippen molar-refractivity contribution in [3.05, 3.63) is 41.4 Å². The summed E-state index contributed by atoms with van der Waals surface area (Å²) in [6, 6.07) is 6.03. The molecule has 6 nitrogen and oxygen atoms in total. The number of anilines is 1. The average Bonchev–Trinajstić information content (AvgIpc) is 3.17. The van der Waals surface area contributed by atoms with Crippen molar-refractivity contribution in [2.75, 3.05) is 12.4 Å². The van der Waals surface area contributed by atoms with Gasteiger partial charge in [-0.25, -0.2) is 4.98 Å². The number of carbonyl (C=O) groups excluding carboxylic acids is 1. The number of hydrogen-bond donors (Lipinski definition) is 1. The number of hydrogen-bond acceptors (Lipinski definition) is 4. The molecule has 0 fully saturated rings. The molecule has 0 atom stereocenters. The van der Waals surface area contributed by atoms with E-state index in [0.717, 1.165) is 47.5 Å². The smallest absolute Gasteiger partial charge is 0.301 e. The Morgan fingerprint density at radius 3 is 2.80 bits per heavy atom. The van der Waals surface area contributed by atoms with Crippen molar-refractivity contribution in [2.45, 2.75) is 40.2 Å². The highest BCUT2D eigenvalue weighted by atomic mass is 16.5. The van der Waals surface area contributed by atoms with Gasteiger partial charge in [0.15, 0.2) is 0 Å². The van der Waals surface area contributed by atoms with Crippen LogP contribution < -0.4 is 10.1 Å². The molecular formula is C19H23N3O3. The van der Waals surface area contributed by atoms with Gasteiger partial charge in [-0.2, -0.15) is 0 Å². The van der Waals surface area contributed by atoms with Crippen LogP contribution in [0.15, 0.2) is 28.8 Å². The van der Waals surface area contributed by atoms with Gasteiger partial charge < -0.3 is 13.7 Å². The Balaban J connectivity index is 2.06. The summed E-state index contributed by atoms with van der Waals surface area (Å²) in [5.41, 5.74) is 2.57. The Labute approximate surface area is 146 Å². The fourth-order valence-corrected chi connectivity index (χ4v) is 3.08. The van der Waals surface area contributed by atoms with Crippen molar-refractivity contribution in [1.82, 2.24) is 9.55 Å². The van der Waals surface area contributed by atoms with E-state index in [1.54, 1.807) is 13.3 Å². The fraction of sp³-hybridized carbons (Fsp3) is 0.368. The van der Waals surface area contributed by atoms with Gasteiger partial charge in [0.25, 0.3) is 5.91 Å². The number of amides is 1. The normalized spacial score (nSPS) is 11.0. The molecule has 2 heterocycles. The third-order valence-electron chi connectivity index (χ3n) is 4.33. The van der Waals surface area contributed by atoms with Crippen LogP contribution in [0.5, 0.6) is 5.75 Å². The van der Waals surface area contributed by atoms with Gasteiger partial charge >= 0.3 is 6.01 Å². The lowest BCUT2D eigenvalue weighted by Gasteiger charge is -2.06. The number of nitrogens with one attached hydrogen (secondary N) is 1. The number of nitrogens with zero attached hydrogens (tertiary/aromatic N) is 2. The van der Waals surface area contributed by atoms with Gasteiger partial charge in [0.1, 0.15) is 11.5 Å². The number of carbonyl (C=O) groups is 1. The summed E-state index contributed by atoms with van der Waals surface area (Å²) in [6.07, 6.45) is 3.35. The fourth-order valence-electron chi connectivity index (χ4n) is 3.08. The van der Waals surface area contributed by atoms with Crippen molar-refractivity contribution in [1.29, 1.82) is 0 Å². The highest BCUT2D eigenvalue weighted by Gasteiger charge is 2.21. The zero-order valence-corrected chi connectivity index (χ0v) is 15.0. The zero-order valence-electron chi connectivity index (χ0n) is 15.0. The molecule has 25 heavy (non-hydrogen) atoms. The van der Waals surface area contributed by atoms with Crippen LogP contribution in [0.1, 0.15) is 42.1 Å². The second-order valence-electron chi connectivity index (χ2n) is 5.93. The number of rotatable bonds is 6. The Morgan fingerprint density at radius 1 is 1.36 bits per heavy atom. The van der Waals surface area contributed by atoms with E-state index in [-0.39, 0.29) is 11.9 Å². The van der Waals surface area contributed by atoms with E-state index < -0.39 is 0 Å². The van der Waals surface area contributed by atoms with Crippen molar-refractivity contribution < 1.29 is 13.9 Å². The molecular weight excluding hydrogens is 318 g/mol. The highest BCUT2D eigenvalue weighted by molar-refractivity contribution is 6.13. The maximum Gasteiger partial charge on any atom is 0.301 e. The maximum absolute atomic E-state index is 12.9. The molecule has 0 aliphatic rings. The van der Waals surface area contributed by atoms with Gasteiger partial charge in [0.2, 0.25) is 0 Å². The van der Waals surface area contributed by atoms with Crippen molar-refractivity contribution in [3.63, 3.8) is 0 Å². The summed E-state index contributed by atoms with van der Waals surface area (Å²) in [5, 5.41) is 3.63. The summed E-state index contributed by atoms with van der Waals surface area (Å²) in [4.78, 5) is 17.0. The first-order valence-electron chi connectivity index (χ1n) is 8.51. The van der Waals surface area contributed by atoms with Gasteiger partial charge in [-0.3, -0.25) is 10.1 Å². The van der Waals surface area contributed by atoms with E-state index in [0.29, 0.717) is 5.56 Å². The van der Waals surface area contributed by atoms with E-state index in [1.807, 2.05) is 32.0 Å². The molecule has 0 aliphatic heterocycles. The first kappa shape index (κ1) is 17.1. The molecule has 0 saturated carbocycles. The number of aryl methyl sites for hydroxylation is 2. The summed E-state index contributed by atoms with van der Waals surface area (Å²) < 4.78 is 13.0. The van der Waals surface area contributed by atoms with E-state index >= 15 is 0 Å². The molecule has 3 aromatic rings. The van der Waals surface area contributed by atoms with Gasteiger partial charge in [-0.1, -0.05) is 13.8 Å². The van der Waals surface area contributed by atoms with Gasteiger partial charge in [0.05, 0.1) is 18.9 Å². The second kappa shape index (κ2) is 7.01. The minimum Gasteiger partial charge on any atom is -0.497 e. The molecule has 1 N–H and O–H groups in total. The van der Waals surface area contributed by atoms with Crippen molar-refractivity contribution in [3.8, 4) is 5.75 Å². The lowest BCUT2D eigenvalue weighted by atomic mass is 10.1. The van der Waals surface area contributed by atoms with Crippen molar-refractivity contribution in [2.24, 2.45) is 0 Å². The molecule has 0 aliphatic carbocycles. The molecule has 3 rings (SSSR count). The summed E-state index contributed by atoms with van der Waals surface area (Å²) in [7, 11) is 1.62. The number of oxazole rings is 1. The summed E-state index contributed by atoms with van der Waals surface area (Å²) in [5.74, 6) is 1.23. The van der Waals surface area contributed by atoms with E-state index in [4.69, 9.17) is 9.15 Å². The predicted octanol–water partition coefficient (Wildman–Crippen LogP) is 4.17. The summed E-state index contributed by atoms with van der Waals surface area (Å²) >= 11 is 0. The lowest BCUT2D eigenvalue weighted by molar-refractivity contribution is 0.102. The van der Waals surface area contributed by atoms with Crippen LogP contribution in [-0.4, -0.2) is 22.6 Å². The van der Waals surface area contributed by atoms with Crippen LogP contribution in [0.3, 0.4) is 0 Å². The van der Waals surface area contributed by atoms with Crippen molar-refractivity contribution >= 4 is 22.8 Å². The van der Waals surface area contributed by atoms with E-state index in [2.05, 4.69) is 21.8 Å². The Hall–Kier alpha value is -2.76. The van der Waals surface area contributed by atoms with E-state index in [9.17, 15) is 4.79 Å². The van der Waals surface area contributed by atoms with Gasteiger partial charge in [-0.15, -0.1) is 0 Å². The summed E-state index contributed by atoms with van der Waals surface area (Å²) in [6.45, 7) is 6.90. The molecule has 2 aromatic heterocycles. The third-order valence-corrected chi connectivity index (χ3v) is 4.33. The molecule has 0 spiro atoms. The number of aromatic nitrogens is 2. The Morgan fingerprint density at radius 2 is 2.16 bits per heavy atom. The zero-order chi connectivity index (χ0) is 18.0. The first-order chi connectivity index (χ1) is 12.1. The van der Waals surface area contributed by atoms with Gasteiger partial charge in [-0.05, 0) is 31.5 Å². The highest BCUT2D eigenvalue weighted by Crippen LogP contribution is 2.30. The van der Waals surface area contributed by atoms with E-state index in [1.165, 1.54) is 0 Å². The van der Waals surface area contributed by atoms with Crippen LogP contribution in [0.25, 0.3) is 10.9 Å². The van der Waals surface area contributed by atoms with Crippen LogP contribution in [-0.2, 0) is 13.0 Å². The van der Waals surface area contributed by atoms with Crippen LogP contribution in [0.4, 0.5) is 6.01 Å². The quantitative estimate of drug-likeness (QED) is 0.730. The average molecular weight is 341 g/mol.